The van der Waals surface area contributed by atoms with Gasteiger partial charge in [0.15, 0.2) is 5.75 Å². The molecule has 4 nitrogen and oxygen atoms in total. The van der Waals surface area contributed by atoms with Crippen molar-refractivity contribution in [3.63, 3.8) is 0 Å². The van der Waals surface area contributed by atoms with Crippen LogP contribution in [-0.2, 0) is 0 Å². The maximum atomic E-state index is 12.1. The molecule has 0 spiro atoms. The molecule has 118 valence electrons. The van der Waals surface area contributed by atoms with E-state index in [1.807, 2.05) is 20.8 Å². The van der Waals surface area contributed by atoms with E-state index in [4.69, 9.17) is 5.73 Å². The van der Waals surface area contributed by atoms with Crippen LogP contribution >= 0.6 is 0 Å². The number of rotatable bonds is 5. The number of amides is 1. The van der Waals surface area contributed by atoms with Gasteiger partial charge in [0.2, 0.25) is 0 Å². The van der Waals surface area contributed by atoms with E-state index < -0.39 is 12.1 Å². The van der Waals surface area contributed by atoms with Crippen LogP contribution in [0.3, 0.4) is 0 Å². The Morgan fingerprint density at radius 3 is 2.43 bits per heavy atom. The van der Waals surface area contributed by atoms with E-state index in [0.29, 0.717) is 6.54 Å². The molecule has 7 heteroatoms. The molecule has 0 heterocycles. The predicted molar refractivity (Wildman–Crippen MR) is 73.9 cm³/mol. The summed E-state index contributed by atoms with van der Waals surface area (Å²) in [5.41, 5.74) is 5.36. The molecule has 21 heavy (non-hydrogen) atoms. The smallest absolute Gasteiger partial charge is 0.404 e. The lowest BCUT2D eigenvalue weighted by Crippen LogP contribution is -2.33. The van der Waals surface area contributed by atoms with Crippen LogP contribution < -0.4 is 15.8 Å². The molecule has 0 radical (unpaired) electrons. The molecule has 1 aromatic rings. The van der Waals surface area contributed by atoms with Crippen molar-refractivity contribution in [3.05, 3.63) is 23.8 Å². The van der Waals surface area contributed by atoms with Crippen molar-refractivity contribution in [1.29, 1.82) is 0 Å². The second kappa shape index (κ2) is 6.24. The Kier molecular flexibility index (Phi) is 5.09. The lowest BCUT2D eigenvalue weighted by molar-refractivity contribution is -0.274. The first-order valence-electron chi connectivity index (χ1n) is 6.47. The third kappa shape index (κ3) is 5.53. The summed E-state index contributed by atoms with van der Waals surface area (Å²) in [6.07, 6.45) is -3.93. The Labute approximate surface area is 121 Å². The van der Waals surface area contributed by atoms with Gasteiger partial charge in [-0.15, -0.1) is 13.2 Å². The van der Waals surface area contributed by atoms with Crippen LogP contribution in [-0.4, -0.2) is 18.8 Å². The average Bonchev–Trinajstić information content (AvgIpc) is 2.37. The van der Waals surface area contributed by atoms with Crippen LogP contribution in [0.25, 0.3) is 0 Å². The quantitative estimate of drug-likeness (QED) is 0.820. The van der Waals surface area contributed by atoms with Gasteiger partial charge in [-0.2, -0.15) is 0 Å². The molecule has 0 atom stereocenters. The first-order valence-corrected chi connectivity index (χ1v) is 6.47. The number of ether oxygens (including phenoxy) is 1. The van der Waals surface area contributed by atoms with Gasteiger partial charge in [0.25, 0.3) is 5.91 Å². The van der Waals surface area contributed by atoms with Crippen LogP contribution in [0.5, 0.6) is 5.75 Å². The van der Waals surface area contributed by atoms with E-state index >= 15 is 0 Å². The van der Waals surface area contributed by atoms with E-state index in [1.165, 1.54) is 6.07 Å². The summed E-state index contributed by atoms with van der Waals surface area (Å²) >= 11 is 0. The minimum absolute atomic E-state index is 0.0550. The largest absolute Gasteiger partial charge is 0.573 e. The summed E-state index contributed by atoms with van der Waals surface area (Å²) in [5.74, 6) is -0.908. The van der Waals surface area contributed by atoms with Crippen LogP contribution in [0, 0.1) is 5.41 Å². The molecular weight excluding hydrogens is 285 g/mol. The lowest BCUT2D eigenvalue weighted by atomic mass is 9.90. The molecule has 3 N–H and O–H groups in total. The van der Waals surface area contributed by atoms with Crippen LogP contribution in [0.4, 0.5) is 18.9 Å². The van der Waals surface area contributed by atoms with Gasteiger partial charge >= 0.3 is 6.36 Å². The van der Waals surface area contributed by atoms with Crippen molar-refractivity contribution in [2.45, 2.75) is 33.6 Å². The topological polar surface area (TPSA) is 64.3 Å². The van der Waals surface area contributed by atoms with Gasteiger partial charge in [0, 0.05) is 12.1 Å². The minimum Gasteiger partial charge on any atom is -0.404 e. The average molecular weight is 304 g/mol. The Hall–Kier alpha value is -1.92. The van der Waals surface area contributed by atoms with E-state index in [-0.39, 0.29) is 22.6 Å². The molecule has 1 amide bonds. The number of nitrogen functional groups attached to an aromatic ring is 1. The third-order valence-corrected chi connectivity index (χ3v) is 3.18. The highest BCUT2D eigenvalue weighted by molar-refractivity contribution is 5.95. The normalized spacial score (nSPS) is 12.1. The second-order valence-corrected chi connectivity index (χ2v) is 5.50. The van der Waals surface area contributed by atoms with Gasteiger partial charge in [-0.25, -0.2) is 0 Å². The van der Waals surface area contributed by atoms with Crippen LogP contribution in [0.15, 0.2) is 18.2 Å². The summed E-state index contributed by atoms with van der Waals surface area (Å²) < 4.78 is 40.1. The number of alkyl halides is 3. The predicted octanol–water partition coefficient (Wildman–Crippen LogP) is 3.33. The molecule has 0 fully saturated rings. The number of hydrogen-bond donors (Lipinski definition) is 2. The van der Waals surface area contributed by atoms with Gasteiger partial charge < -0.3 is 15.8 Å². The van der Waals surface area contributed by atoms with Gasteiger partial charge in [0.1, 0.15) is 0 Å². The van der Waals surface area contributed by atoms with Crippen molar-refractivity contribution >= 4 is 11.6 Å². The zero-order chi connectivity index (χ0) is 16.3. The monoisotopic (exact) mass is 304 g/mol. The highest BCUT2D eigenvalue weighted by atomic mass is 19.4. The lowest BCUT2D eigenvalue weighted by Gasteiger charge is -2.22. The van der Waals surface area contributed by atoms with Crippen molar-refractivity contribution < 1.29 is 22.7 Å². The number of benzene rings is 1. The molecule has 1 aromatic carbocycles. The Morgan fingerprint density at radius 1 is 1.33 bits per heavy atom. The molecule has 0 saturated carbocycles. The molecule has 0 aliphatic heterocycles. The van der Waals surface area contributed by atoms with Gasteiger partial charge in [-0.05, 0) is 30.0 Å². The number of nitrogens with two attached hydrogens (primary N) is 1. The molecule has 0 bridgehead atoms. The molecule has 0 aromatic heterocycles. The van der Waals surface area contributed by atoms with Crippen molar-refractivity contribution in [2.24, 2.45) is 5.41 Å². The molecule has 1 rings (SSSR count). The van der Waals surface area contributed by atoms with Crippen LogP contribution in [0.2, 0.25) is 0 Å². The minimum atomic E-state index is -4.82. The SMILES string of the molecule is CCC(C)(C)CNC(=O)c1ccc(OC(F)(F)F)c(N)c1. The Balaban J connectivity index is 2.77. The first-order chi connectivity index (χ1) is 9.54. The van der Waals surface area contributed by atoms with E-state index in [0.717, 1.165) is 18.6 Å². The maximum Gasteiger partial charge on any atom is 0.573 e. The summed E-state index contributed by atoms with van der Waals surface area (Å²) in [6.45, 7) is 6.47. The number of carbonyl (C=O) groups is 1. The number of anilines is 1. The van der Waals surface area contributed by atoms with Gasteiger partial charge in [0.05, 0.1) is 5.69 Å². The zero-order valence-corrected chi connectivity index (χ0v) is 12.2. The van der Waals surface area contributed by atoms with Crippen LogP contribution in [0.1, 0.15) is 37.6 Å². The zero-order valence-electron chi connectivity index (χ0n) is 12.2. The maximum absolute atomic E-state index is 12.1. The van der Waals surface area contributed by atoms with E-state index in [1.54, 1.807) is 0 Å². The standard InChI is InChI=1S/C14H19F3N2O2/c1-4-13(2,3)8-19-12(20)9-5-6-11(10(18)7-9)21-14(15,16)17/h5-7H,4,8,18H2,1-3H3,(H,19,20). The molecule has 0 saturated heterocycles. The Morgan fingerprint density at radius 2 is 1.95 bits per heavy atom. The first kappa shape index (κ1) is 17.1. The van der Waals surface area contributed by atoms with Gasteiger partial charge in [-0.1, -0.05) is 20.8 Å². The third-order valence-electron chi connectivity index (χ3n) is 3.18. The fourth-order valence-electron chi connectivity index (χ4n) is 1.45. The van der Waals surface area contributed by atoms with E-state index in [9.17, 15) is 18.0 Å². The number of carbonyl (C=O) groups excluding carboxylic acids is 1. The second-order valence-electron chi connectivity index (χ2n) is 5.50. The van der Waals surface area contributed by atoms with Crippen molar-refractivity contribution in [1.82, 2.24) is 5.32 Å². The summed E-state index contributed by atoms with van der Waals surface area (Å²) in [4.78, 5) is 11.9. The summed E-state index contributed by atoms with van der Waals surface area (Å²) in [5, 5.41) is 2.73. The summed E-state index contributed by atoms with van der Waals surface area (Å²) in [6, 6.07) is 3.43. The molecule has 0 aliphatic carbocycles. The fraction of sp³-hybridized carbons (Fsp3) is 0.500. The molecule has 0 unspecified atom stereocenters. The van der Waals surface area contributed by atoms with Crippen molar-refractivity contribution in [3.8, 4) is 5.75 Å². The van der Waals surface area contributed by atoms with Crippen molar-refractivity contribution in [2.75, 3.05) is 12.3 Å². The highest BCUT2D eigenvalue weighted by Crippen LogP contribution is 2.29. The Bertz CT molecular complexity index is 513. The van der Waals surface area contributed by atoms with Gasteiger partial charge in [-0.3, -0.25) is 4.79 Å². The number of nitrogens with one attached hydrogen (secondary N) is 1. The summed E-state index contributed by atoms with van der Waals surface area (Å²) in [7, 11) is 0. The number of hydrogen-bond acceptors (Lipinski definition) is 3. The number of halogens is 3. The molecule has 0 aliphatic rings. The molecular formula is C14H19F3N2O2. The highest BCUT2D eigenvalue weighted by Gasteiger charge is 2.32. The fourth-order valence-corrected chi connectivity index (χ4v) is 1.45. The van der Waals surface area contributed by atoms with E-state index in [2.05, 4.69) is 10.1 Å².